The lowest BCUT2D eigenvalue weighted by molar-refractivity contribution is 1.65. The zero-order chi connectivity index (χ0) is 4.41. The van der Waals surface area contributed by atoms with Crippen LogP contribution in [0, 0.1) is 0 Å². The van der Waals surface area contributed by atoms with E-state index in [0.717, 1.165) is 0 Å². The highest BCUT2D eigenvalue weighted by atomic mass is 127. The average molecular weight is 193 g/mol. The Balaban J connectivity index is 2.60. The smallest absolute Gasteiger partial charge is 0.0660 e. The van der Waals surface area contributed by atoms with Gasteiger partial charge >= 0.3 is 0 Å². The number of aliphatic imine (C=N–C) groups is 1. The Labute approximate surface area is 50.3 Å². The van der Waals surface area contributed by atoms with Crippen LogP contribution in [0.3, 0.4) is 0 Å². The number of nitrogens with zero attached hydrogens (tertiary/aromatic N) is 1. The molecule has 0 amide bonds. The zero-order valence-corrected chi connectivity index (χ0v) is 5.29. The Morgan fingerprint density at radius 2 is 2.50 bits per heavy atom. The summed E-state index contributed by atoms with van der Waals surface area (Å²) in [4.78, 5) is 3.85. The molecule has 0 aromatic rings. The molecular weight excluding hydrogens is 189 g/mol. The summed E-state index contributed by atoms with van der Waals surface area (Å²) in [5.41, 5.74) is 0. The van der Waals surface area contributed by atoms with E-state index in [1.165, 1.54) is 0 Å². The first kappa shape index (κ1) is 4.30. The van der Waals surface area contributed by atoms with Gasteiger partial charge in [-0.05, 0) is 6.08 Å². The van der Waals surface area contributed by atoms with Gasteiger partial charge in [-0.2, -0.15) is 0 Å². The first-order valence-corrected chi connectivity index (χ1v) is 2.98. The van der Waals surface area contributed by atoms with Gasteiger partial charge in [0, 0.05) is 12.4 Å². The Morgan fingerprint density at radius 3 is 2.67 bits per heavy atom. The van der Waals surface area contributed by atoms with E-state index in [1.807, 2.05) is 18.5 Å². The van der Waals surface area contributed by atoms with Gasteiger partial charge in [0.1, 0.15) is 0 Å². The van der Waals surface area contributed by atoms with Crippen molar-refractivity contribution in [1.82, 2.24) is 0 Å². The van der Waals surface area contributed by atoms with E-state index in [0.29, 0.717) is 3.92 Å². The first-order chi connectivity index (χ1) is 2.89. The molecule has 1 unspecified atom stereocenters. The Kier molecular flexibility index (Phi) is 1.24. The third-order valence-corrected chi connectivity index (χ3v) is 1.32. The van der Waals surface area contributed by atoms with Gasteiger partial charge in [0.15, 0.2) is 0 Å². The van der Waals surface area contributed by atoms with Crippen LogP contribution in [0.15, 0.2) is 17.3 Å². The van der Waals surface area contributed by atoms with Crippen molar-refractivity contribution in [3.63, 3.8) is 0 Å². The van der Waals surface area contributed by atoms with E-state index in [9.17, 15) is 0 Å². The van der Waals surface area contributed by atoms with E-state index in [-0.39, 0.29) is 0 Å². The molecular formula is C4H4IN. The number of alkyl halides is 1. The first-order valence-electron chi connectivity index (χ1n) is 1.73. The molecule has 1 nitrogen and oxygen atoms in total. The maximum absolute atomic E-state index is 3.85. The van der Waals surface area contributed by atoms with Crippen molar-refractivity contribution in [3.05, 3.63) is 12.3 Å². The lowest BCUT2D eigenvalue weighted by atomic mass is 10.5. The van der Waals surface area contributed by atoms with Gasteiger partial charge in [-0.25, -0.2) is 0 Å². The van der Waals surface area contributed by atoms with Crippen molar-refractivity contribution >= 4 is 28.8 Å². The summed E-state index contributed by atoms with van der Waals surface area (Å²) in [5, 5.41) is 0. The molecule has 1 aliphatic rings. The summed E-state index contributed by atoms with van der Waals surface area (Å²) < 4.78 is 0.544. The van der Waals surface area contributed by atoms with Crippen molar-refractivity contribution in [1.29, 1.82) is 0 Å². The van der Waals surface area contributed by atoms with Crippen molar-refractivity contribution in [2.45, 2.75) is 3.92 Å². The minimum Gasteiger partial charge on any atom is -0.268 e. The molecule has 0 aromatic heterocycles. The van der Waals surface area contributed by atoms with Gasteiger partial charge in [-0.1, -0.05) is 22.6 Å². The van der Waals surface area contributed by atoms with Gasteiger partial charge in [-0.3, -0.25) is 4.99 Å². The van der Waals surface area contributed by atoms with Gasteiger partial charge in [0.25, 0.3) is 0 Å². The SMILES string of the molecule is IC1C=CN=C1. The molecule has 0 spiro atoms. The lowest BCUT2D eigenvalue weighted by Gasteiger charge is -1.78. The monoisotopic (exact) mass is 193 g/mol. The number of halogens is 1. The van der Waals surface area contributed by atoms with E-state index in [4.69, 9.17) is 0 Å². The molecule has 0 N–H and O–H groups in total. The van der Waals surface area contributed by atoms with Gasteiger partial charge in [-0.15, -0.1) is 0 Å². The van der Waals surface area contributed by atoms with Crippen LogP contribution >= 0.6 is 22.6 Å². The van der Waals surface area contributed by atoms with Crippen LogP contribution in [0.5, 0.6) is 0 Å². The summed E-state index contributed by atoms with van der Waals surface area (Å²) >= 11 is 2.30. The molecule has 0 aliphatic carbocycles. The maximum atomic E-state index is 3.85. The summed E-state index contributed by atoms with van der Waals surface area (Å²) in [5.74, 6) is 0. The van der Waals surface area contributed by atoms with E-state index < -0.39 is 0 Å². The quantitative estimate of drug-likeness (QED) is 0.407. The highest BCUT2D eigenvalue weighted by Crippen LogP contribution is 2.03. The summed E-state index contributed by atoms with van der Waals surface area (Å²) in [6.07, 6.45) is 5.76. The molecule has 1 heterocycles. The fraction of sp³-hybridized carbons (Fsp3) is 0.250. The van der Waals surface area contributed by atoms with Crippen molar-refractivity contribution < 1.29 is 0 Å². The highest BCUT2D eigenvalue weighted by molar-refractivity contribution is 14.1. The van der Waals surface area contributed by atoms with Crippen LogP contribution in [0.2, 0.25) is 0 Å². The van der Waals surface area contributed by atoms with Crippen LogP contribution in [-0.2, 0) is 0 Å². The number of rotatable bonds is 0. The summed E-state index contributed by atoms with van der Waals surface area (Å²) in [6.45, 7) is 0. The second-order valence-electron chi connectivity index (χ2n) is 1.08. The standard InChI is InChI=1S/C4H4IN/c5-4-1-2-6-3-4/h1-4H. The number of hydrogen-bond acceptors (Lipinski definition) is 1. The summed E-state index contributed by atoms with van der Waals surface area (Å²) in [7, 11) is 0. The maximum Gasteiger partial charge on any atom is 0.0660 e. The molecule has 0 fully saturated rings. The van der Waals surface area contributed by atoms with E-state index in [1.54, 1.807) is 0 Å². The molecule has 1 aliphatic heterocycles. The Morgan fingerprint density at radius 1 is 1.67 bits per heavy atom. The molecule has 32 valence electrons. The molecule has 2 heteroatoms. The minimum atomic E-state index is 0.544. The lowest BCUT2D eigenvalue weighted by Crippen LogP contribution is -1.84. The minimum absolute atomic E-state index is 0.544. The van der Waals surface area contributed by atoms with Crippen LogP contribution in [0.25, 0.3) is 0 Å². The summed E-state index contributed by atoms with van der Waals surface area (Å²) in [6, 6.07) is 0. The third-order valence-electron chi connectivity index (χ3n) is 0.584. The second kappa shape index (κ2) is 1.73. The van der Waals surface area contributed by atoms with Crippen LogP contribution < -0.4 is 0 Å². The molecule has 0 saturated heterocycles. The zero-order valence-electron chi connectivity index (χ0n) is 3.13. The van der Waals surface area contributed by atoms with Gasteiger partial charge < -0.3 is 0 Å². The molecule has 0 radical (unpaired) electrons. The van der Waals surface area contributed by atoms with Crippen LogP contribution in [0.1, 0.15) is 0 Å². The fourth-order valence-corrected chi connectivity index (χ4v) is 0.685. The predicted molar refractivity (Wildman–Crippen MR) is 35.4 cm³/mol. The fourth-order valence-electron chi connectivity index (χ4n) is 0.314. The third kappa shape index (κ3) is 0.801. The molecule has 0 bridgehead atoms. The normalized spacial score (nSPS) is 29.2. The number of allylic oxidation sites excluding steroid dienone is 1. The molecule has 6 heavy (non-hydrogen) atoms. The second-order valence-corrected chi connectivity index (χ2v) is 2.52. The van der Waals surface area contributed by atoms with E-state index >= 15 is 0 Å². The van der Waals surface area contributed by atoms with Gasteiger partial charge in [0.05, 0.1) is 3.92 Å². The van der Waals surface area contributed by atoms with Gasteiger partial charge in [0.2, 0.25) is 0 Å². The van der Waals surface area contributed by atoms with Crippen molar-refractivity contribution in [2.75, 3.05) is 0 Å². The Hall–Kier alpha value is 0.140. The largest absolute Gasteiger partial charge is 0.268 e. The van der Waals surface area contributed by atoms with Crippen LogP contribution in [-0.4, -0.2) is 10.1 Å². The average Bonchev–Trinajstić information content (AvgIpc) is 1.86. The Bertz CT molecular complexity index is 83.7. The molecule has 1 atom stereocenters. The highest BCUT2D eigenvalue weighted by Gasteiger charge is 1.93. The molecule has 0 aromatic carbocycles. The number of hydrogen-bond donors (Lipinski definition) is 0. The predicted octanol–water partition coefficient (Wildman–Crippen LogP) is 1.39. The van der Waals surface area contributed by atoms with Crippen LogP contribution in [0.4, 0.5) is 0 Å². The topological polar surface area (TPSA) is 12.4 Å². The molecule has 0 saturated carbocycles. The van der Waals surface area contributed by atoms with E-state index in [2.05, 4.69) is 27.6 Å². The van der Waals surface area contributed by atoms with Crippen molar-refractivity contribution in [2.24, 2.45) is 4.99 Å². The van der Waals surface area contributed by atoms with Crippen molar-refractivity contribution in [3.8, 4) is 0 Å². The molecule has 1 rings (SSSR count).